The number of aryl methyl sites for hydroxylation is 3. The van der Waals surface area contributed by atoms with Crippen molar-refractivity contribution >= 4 is 11.2 Å². The number of hydrogen-bond donors (Lipinski definition) is 1. The van der Waals surface area contributed by atoms with E-state index in [9.17, 15) is 9.59 Å². The molecular formula is C13H21N5O2. The summed E-state index contributed by atoms with van der Waals surface area (Å²) in [7, 11) is 1.78. The molecule has 2 rings (SSSR count). The van der Waals surface area contributed by atoms with Crippen LogP contribution in [0.2, 0.25) is 0 Å². The topological polar surface area (TPSA) is 87.8 Å². The Labute approximate surface area is 116 Å². The lowest BCUT2D eigenvalue weighted by Gasteiger charge is -2.13. The van der Waals surface area contributed by atoms with Gasteiger partial charge >= 0.3 is 5.69 Å². The highest BCUT2D eigenvalue weighted by Crippen LogP contribution is 2.08. The van der Waals surface area contributed by atoms with E-state index in [-0.39, 0.29) is 23.8 Å². The van der Waals surface area contributed by atoms with Crippen LogP contribution in [0.15, 0.2) is 9.59 Å². The molecule has 1 atom stereocenters. The third-order valence-electron chi connectivity index (χ3n) is 3.72. The van der Waals surface area contributed by atoms with E-state index >= 15 is 0 Å². The normalized spacial score (nSPS) is 13.1. The molecular weight excluding hydrogens is 258 g/mol. The summed E-state index contributed by atoms with van der Waals surface area (Å²) < 4.78 is 4.46. The van der Waals surface area contributed by atoms with Crippen LogP contribution in [0.5, 0.6) is 0 Å². The van der Waals surface area contributed by atoms with Gasteiger partial charge in [0.05, 0.1) is 0 Å². The summed E-state index contributed by atoms with van der Waals surface area (Å²) in [5.74, 6) is 0.705. The van der Waals surface area contributed by atoms with Crippen LogP contribution in [0.3, 0.4) is 0 Å². The van der Waals surface area contributed by atoms with Gasteiger partial charge in [-0.1, -0.05) is 6.92 Å². The van der Waals surface area contributed by atoms with Crippen molar-refractivity contribution in [2.24, 2.45) is 12.8 Å². The number of rotatable bonds is 4. The van der Waals surface area contributed by atoms with Crippen LogP contribution in [0.25, 0.3) is 11.2 Å². The molecule has 7 heteroatoms. The fourth-order valence-corrected chi connectivity index (χ4v) is 2.28. The van der Waals surface area contributed by atoms with E-state index in [0.717, 1.165) is 0 Å². The fourth-order valence-electron chi connectivity index (χ4n) is 2.28. The van der Waals surface area contributed by atoms with Crippen LogP contribution in [0.4, 0.5) is 0 Å². The Bertz CT molecular complexity index is 753. The maximum Gasteiger partial charge on any atom is 0.332 e. The molecule has 1 unspecified atom stereocenters. The van der Waals surface area contributed by atoms with Gasteiger partial charge in [-0.15, -0.1) is 0 Å². The van der Waals surface area contributed by atoms with Gasteiger partial charge in [0.15, 0.2) is 11.2 Å². The molecule has 0 aliphatic heterocycles. The second-order valence-electron chi connectivity index (χ2n) is 5.00. The highest BCUT2D eigenvalue weighted by Gasteiger charge is 2.18. The number of nitrogens with zero attached hydrogens (tertiary/aromatic N) is 4. The molecule has 7 nitrogen and oxygen atoms in total. The quantitative estimate of drug-likeness (QED) is 0.850. The highest BCUT2D eigenvalue weighted by molar-refractivity contribution is 5.70. The predicted molar refractivity (Wildman–Crippen MR) is 77.9 cm³/mol. The Morgan fingerprint density at radius 3 is 2.45 bits per heavy atom. The molecule has 20 heavy (non-hydrogen) atoms. The zero-order valence-corrected chi connectivity index (χ0v) is 12.4. The molecule has 0 spiro atoms. The minimum absolute atomic E-state index is 0.211. The lowest BCUT2D eigenvalue weighted by molar-refractivity contribution is 0.493. The third-order valence-corrected chi connectivity index (χ3v) is 3.72. The van der Waals surface area contributed by atoms with Crippen LogP contribution in [0.1, 0.15) is 26.1 Å². The maximum absolute atomic E-state index is 12.5. The van der Waals surface area contributed by atoms with E-state index in [2.05, 4.69) is 4.98 Å². The second kappa shape index (κ2) is 5.24. The van der Waals surface area contributed by atoms with Crippen molar-refractivity contribution in [3.8, 4) is 0 Å². The average molecular weight is 279 g/mol. The number of nitrogens with two attached hydrogens (primary N) is 1. The first-order valence-corrected chi connectivity index (χ1v) is 6.84. The van der Waals surface area contributed by atoms with Crippen LogP contribution < -0.4 is 17.0 Å². The molecule has 0 aromatic carbocycles. The highest BCUT2D eigenvalue weighted by atomic mass is 16.2. The summed E-state index contributed by atoms with van der Waals surface area (Å²) in [4.78, 5) is 29.3. The third kappa shape index (κ3) is 2.07. The second-order valence-corrected chi connectivity index (χ2v) is 5.00. The van der Waals surface area contributed by atoms with Crippen molar-refractivity contribution in [2.75, 3.05) is 0 Å². The number of aromatic nitrogens is 4. The van der Waals surface area contributed by atoms with Gasteiger partial charge < -0.3 is 10.3 Å². The van der Waals surface area contributed by atoms with Crippen LogP contribution >= 0.6 is 0 Å². The van der Waals surface area contributed by atoms with Crippen LogP contribution in [-0.4, -0.2) is 24.7 Å². The van der Waals surface area contributed by atoms with E-state index in [1.54, 1.807) is 11.6 Å². The van der Waals surface area contributed by atoms with E-state index in [1.165, 1.54) is 9.13 Å². The van der Waals surface area contributed by atoms with Crippen molar-refractivity contribution < 1.29 is 0 Å². The Morgan fingerprint density at radius 1 is 1.25 bits per heavy atom. The van der Waals surface area contributed by atoms with Crippen LogP contribution in [0, 0.1) is 6.92 Å². The maximum atomic E-state index is 12.5. The summed E-state index contributed by atoms with van der Waals surface area (Å²) >= 11 is 0. The average Bonchev–Trinajstić information content (AvgIpc) is 2.71. The summed E-state index contributed by atoms with van der Waals surface area (Å²) in [6.45, 7) is 6.30. The van der Waals surface area contributed by atoms with Crippen molar-refractivity contribution in [2.45, 2.75) is 46.3 Å². The van der Waals surface area contributed by atoms with E-state index in [0.29, 0.717) is 30.0 Å². The Morgan fingerprint density at radius 2 is 1.90 bits per heavy atom. The van der Waals surface area contributed by atoms with Gasteiger partial charge in [0.1, 0.15) is 5.82 Å². The summed E-state index contributed by atoms with van der Waals surface area (Å²) in [5, 5.41) is 0. The molecule has 110 valence electrons. The van der Waals surface area contributed by atoms with E-state index in [1.807, 2.05) is 20.8 Å². The van der Waals surface area contributed by atoms with Gasteiger partial charge in [0.25, 0.3) is 5.56 Å². The number of imidazole rings is 1. The number of fused-ring (bicyclic) bond motifs is 1. The first-order valence-electron chi connectivity index (χ1n) is 6.84. The molecule has 2 N–H and O–H groups in total. The molecule has 2 heterocycles. The molecule has 0 fully saturated rings. The Hall–Kier alpha value is -1.89. The van der Waals surface area contributed by atoms with Gasteiger partial charge in [-0.2, -0.15) is 0 Å². The summed E-state index contributed by atoms with van der Waals surface area (Å²) in [6.07, 6.45) is 0.709. The SMILES string of the molecule is CCC(N)Cn1c(=O)c2c(nc(C)n2C)n(CC)c1=O. The molecule has 0 aliphatic rings. The van der Waals surface area contributed by atoms with E-state index < -0.39 is 0 Å². The lowest BCUT2D eigenvalue weighted by Crippen LogP contribution is -2.44. The van der Waals surface area contributed by atoms with Gasteiger partial charge in [0.2, 0.25) is 0 Å². The lowest BCUT2D eigenvalue weighted by atomic mass is 10.2. The summed E-state index contributed by atoms with van der Waals surface area (Å²) in [6, 6.07) is -0.211. The summed E-state index contributed by atoms with van der Waals surface area (Å²) in [5.41, 5.74) is 6.13. The minimum atomic E-state index is -0.341. The van der Waals surface area contributed by atoms with Crippen molar-refractivity contribution in [3.63, 3.8) is 0 Å². The monoisotopic (exact) mass is 279 g/mol. The largest absolute Gasteiger partial charge is 0.332 e. The molecule has 0 aliphatic carbocycles. The molecule has 2 aromatic heterocycles. The van der Waals surface area contributed by atoms with Crippen molar-refractivity contribution in [3.05, 3.63) is 26.7 Å². The Kier molecular flexibility index (Phi) is 3.80. The minimum Gasteiger partial charge on any atom is -0.326 e. The molecule has 0 saturated carbocycles. The molecule has 0 saturated heterocycles. The first kappa shape index (κ1) is 14.5. The smallest absolute Gasteiger partial charge is 0.326 e. The van der Waals surface area contributed by atoms with Gasteiger partial charge in [-0.3, -0.25) is 13.9 Å². The molecule has 0 radical (unpaired) electrons. The number of hydrogen-bond acceptors (Lipinski definition) is 4. The first-order chi connectivity index (χ1) is 9.42. The zero-order valence-electron chi connectivity index (χ0n) is 12.4. The fraction of sp³-hybridized carbons (Fsp3) is 0.615. The van der Waals surface area contributed by atoms with Crippen molar-refractivity contribution in [1.82, 2.24) is 18.7 Å². The van der Waals surface area contributed by atoms with Crippen LogP contribution in [-0.2, 0) is 20.1 Å². The van der Waals surface area contributed by atoms with E-state index in [4.69, 9.17) is 5.73 Å². The van der Waals surface area contributed by atoms with Gasteiger partial charge in [-0.25, -0.2) is 9.78 Å². The molecule has 0 amide bonds. The molecule has 2 aromatic rings. The van der Waals surface area contributed by atoms with Gasteiger partial charge in [0, 0.05) is 26.2 Å². The predicted octanol–water partition coefficient (Wildman–Crippen LogP) is -0.0377. The zero-order chi connectivity index (χ0) is 15.0. The van der Waals surface area contributed by atoms with Gasteiger partial charge in [-0.05, 0) is 20.3 Å². The van der Waals surface area contributed by atoms with Crippen molar-refractivity contribution in [1.29, 1.82) is 0 Å². The Balaban J connectivity index is 2.86. The standard InChI is InChI=1S/C13H21N5O2/c1-5-9(14)7-18-12(19)10-11(15-8(3)16(10)4)17(6-2)13(18)20/h9H,5-7,14H2,1-4H3. The molecule has 0 bridgehead atoms.